The normalized spacial score (nSPS) is 11.3. The minimum atomic E-state index is -1.04. The zero-order valence-electron chi connectivity index (χ0n) is 62.1. The van der Waals surface area contributed by atoms with Crippen LogP contribution in [0.15, 0.2) is 186 Å². The summed E-state index contributed by atoms with van der Waals surface area (Å²) in [7, 11) is 7.42. The van der Waals surface area contributed by atoms with E-state index in [4.69, 9.17) is 104 Å². The predicted octanol–water partition coefficient (Wildman–Crippen LogP) is 19.7. The highest BCUT2D eigenvalue weighted by atomic mass is 79.9. The highest BCUT2D eigenvalue weighted by Gasteiger charge is 2.25. The number of benzene rings is 10. The Kier molecular flexibility index (Phi) is 26.5. The van der Waals surface area contributed by atoms with Gasteiger partial charge in [0.15, 0.2) is 27.1 Å². The number of halogens is 10. The molecule has 5 aromatic heterocycles. The molecule has 596 valence electrons. The minimum Gasteiger partial charge on any atom is -0.480 e. The number of aromatic nitrogens is 5. The first-order valence-electron chi connectivity index (χ1n) is 35.0. The number of carboxylic acid groups (broad SMARTS) is 5. The lowest BCUT2D eigenvalue weighted by Crippen LogP contribution is -2.17. The molecular weight excluding hydrogens is 1750 g/mol. The van der Waals surface area contributed by atoms with Gasteiger partial charge in [-0.1, -0.05) is 165 Å². The molecule has 0 bridgehead atoms. The third kappa shape index (κ3) is 17.2. The van der Waals surface area contributed by atoms with Crippen molar-refractivity contribution in [3.63, 3.8) is 0 Å². The van der Waals surface area contributed by atoms with Gasteiger partial charge in [-0.05, 0) is 157 Å². The van der Waals surface area contributed by atoms with Crippen molar-refractivity contribution in [3.05, 3.63) is 270 Å². The number of hydrogen-bond acceptors (Lipinski definition) is 12. The van der Waals surface area contributed by atoms with Gasteiger partial charge in [-0.3, -0.25) is 47.9 Å². The summed E-state index contributed by atoms with van der Waals surface area (Å²) >= 11 is 59.2. The van der Waals surface area contributed by atoms with Crippen LogP contribution in [0.1, 0.15) is 37.8 Å². The summed E-state index contributed by atoms with van der Waals surface area (Å²) in [4.78, 5) is 124. The summed E-state index contributed by atoms with van der Waals surface area (Å²) in [5, 5.41) is 52.6. The Balaban J connectivity index is 0.000000143. The molecule has 0 atom stereocenters. The summed E-state index contributed by atoms with van der Waals surface area (Å²) in [5.74, 6) is -4.86. The summed E-state index contributed by atoms with van der Waals surface area (Å²) < 4.78 is 8.43. The second-order valence-corrected chi connectivity index (χ2v) is 31.6. The molecule has 5 heterocycles. The molecule has 15 rings (SSSR count). The van der Waals surface area contributed by atoms with E-state index in [0.29, 0.717) is 114 Å². The van der Waals surface area contributed by atoms with E-state index in [0.717, 1.165) is 33.4 Å². The van der Waals surface area contributed by atoms with Gasteiger partial charge in [-0.15, -0.1) is 0 Å². The molecule has 0 saturated carbocycles. The standard InChI is InChI=1S/C18H15Cl2NO3.C17H14Cl2N2O3.C17H13Cl2NO3.C17H15ClN2O3.C15H8BrCl2NO3/c1-9(2)10-3-4-11-14(7-10)21(8-15(22)23)17-12(18(11)24)5-6-13(19)16(17)20;1-20(2)9-3-4-10-13(7-9)21(8-14(22)23)16-11(17(10)24)5-6-12(18)15(16)19;1-2-9-3-4-10-13(7-9)20(8-14(21)22)16-11(17(10)23)5-6-12(18)15(16)19;1-19(2)13-8-7-11-16(15(13)18)20(9-14(21)22)12-6-4-3-5-10(12)17(11)23;16-7-1-2-8-11(5-7)19(6-12(20)21)14-9(15(8)22)3-4-10(17)13(14)18/h3-7,9H,8H2,1-2H3,(H,22,23);3-7H,8H2,1-2H3,(H,22,23);3-7H,2,8H2,1H3,(H,21,22);3-8H,9H2,1-2H3,(H,21,22);1-5H,6H2,(H,20,21). The molecule has 0 aliphatic heterocycles. The molecular formula is C84H65BrCl9N7O15. The number of aliphatic carboxylic acids is 5. The largest absolute Gasteiger partial charge is 0.480 e. The van der Waals surface area contributed by atoms with Gasteiger partial charge in [0, 0.05) is 92.2 Å². The van der Waals surface area contributed by atoms with Gasteiger partial charge >= 0.3 is 29.8 Å². The van der Waals surface area contributed by atoms with Crippen molar-refractivity contribution < 1.29 is 49.5 Å². The van der Waals surface area contributed by atoms with Gasteiger partial charge in [0.05, 0.1) is 106 Å². The van der Waals surface area contributed by atoms with Crippen LogP contribution in [-0.4, -0.2) is 106 Å². The van der Waals surface area contributed by atoms with Gasteiger partial charge in [0.25, 0.3) is 0 Å². The topological polar surface area (TPSA) is 303 Å². The molecule has 32 heteroatoms. The molecule has 0 amide bonds. The fourth-order valence-electron chi connectivity index (χ4n) is 13.7. The highest BCUT2D eigenvalue weighted by molar-refractivity contribution is 9.10. The van der Waals surface area contributed by atoms with E-state index >= 15 is 0 Å². The lowest BCUT2D eigenvalue weighted by molar-refractivity contribution is -0.138. The average molecular weight is 1810 g/mol. The number of fused-ring (bicyclic) bond motifs is 10. The monoisotopic (exact) mass is 1810 g/mol. The quantitative estimate of drug-likeness (QED) is 0.0632. The zero-order chi connectivity index (χ0) is 84.6. The van der Waals surface area contributed by atoms with E-state index in [1.165, 1.54) is 15.2 Å². The Morgan fingerprint density at radius 2 is 0.647 bits per heavy atom. The molecule has 0 aliphatic rings. The highest BCUT2D eigenvalue weighted by Crippen LogP contribution is 2.39. The van der Waals surface area contributed by atoms with Crippen LogP contribution in [0.4, 0.5) is 11.4 Å². The minimum absolute atomic E-state index is 0.149. The van der Waals surface area contributed by atoms with E-state index in [-0.39, 0.29) is 106 Å². The van der Waals surface area contributed by atoms with Crippen molar-refractivity contribution in [3.8, 4) is 0 Å². The van der Waals surface area contributed by atoms with Gasteiger partial charge in [0.1, 0.15) is 32.7 Å². The van der Waals surface area contributed by atoms with Crippen LogP contribution < -0.4 is 36.9 Å². The molecule has 0 fully saturated rings. The maximum atomic E-state index is 12.8. The molecule has 116 heavy (non-hydrogen) atoms. The first-order valence-corrected chi connectivity index (χ1v) is 39.2. The smallest absolute Gasteiger partial charge is 0.323 e. The van der Waals surface area contributed by atoms with E-state index < -0.39 is 29.8 Å². The number of rotatable bonds is 14. The van der Waals surface area contributed by atoms with Crippen molar-refractivity contribution in [1.29, 1.82) is 0 Å². The maximum Gasteiger partial charge on any atom is 0.323 e. The van der Waals surface area contributed by atoms with E-state index in [2.05, 4.69) is 15.9 Å². The van der Waals surface area contributed by atoms with Crippen LogP contribution in [0.3, 0.4) is 0 Å². The van der Waals surface area contributed by atoms with Crippen molar-refractivity contribution in [2.24, 2.45) is 0 Å². The first-order chi connectivity index (χ1) is 54.9. The first kappa shape index (κ1) is 86.4. The van der Waals surface area contributed by atoms with Crippen LogP contribution in [0, 0.1) is 0 Å². The number of pyridine rings is 5. The van der Waals surface area contributed by atoms with E-state index in [9.17, 15) is 73.5 Å². The van der Waals surface area contributed by atoms with E-state index in [1.54, 1.807) is 135 Å². The van der Waals surface area contributed by atoms with Gasteiger partial charge in [0.2, 0.25) is 0 Å². The fourth-order valence-corrected chi connectivity index (χ4v) is 16.2. The van der Waals surface area contributed by atoms with Crippen LogP contribution >= 0.6 is 120 Å². The third-order valence-corrected chi connectivity index (χ3v) is 23.1. The second kappa shape index (κ2) is 35.6. The predicted molar refractivity (Wildman–Crippen MR) is 472 cm³/mol. The molecule has 0 radical (unpaired) electrons. The van der Waals surface area contributed by atoms with Crippen LogP contribution in [0.25, 0.3) is 109 Å². The Labute approximate surface area is 710 Å². The van der Waals surface area contributed by atoms with Crippen LogP contribution in [-0.2, 0) is 63.1 Å². The van der Waals surface area contributed by atoms with Crippen molar-refractivity contribution >= 4 is 271 Å². The fraction of sp³-hybridized carbons (Fsp3) is 0.167. The zero-order valence-corrected chi connectivity index (χ0v) is 70.4. The number of carboxylic acids is 5. The molecule has 10 aromatic carbocycles. The van der Waals surface area contributed by atoms with Crippen molar-refractivity contribution in [2.45, 2.75) is 65.8 Å². The average Bonchev–Trinajstić information content (AvgIpc) is 0.767. The number of hydrogen-bond donors (Lipinski definition) is 5. The lowest BCUT2D eigenvalue weighted by atomic mass is 10.00. The van der Waals surface area contributed by atoms with E-state index in [1.807, 2.05) is 89.1 Å². The lowest BCUT2D eigenvalue weighted by Gasteiger charge is -2.19. The molecule has 0 spiro atoms. The Bertz CT molecular complexity index is 6840. The van der Waals surface area contributed by atoms with Crippen molar-refractivity contribution in [1.82, 2.24) is 22.8 Å². The molecule has 0 aliphatic carbocycles. The Morgan fingerprint density at radius 1 is 0.345 bits per heavy atom. The molecule has 5 N–H and O–H groups in total. The maximum absolute atomic E-state index is 12.8. The SMILES string of the molecule is CC(C)c1ccc2c(=O)c3ccc(Cl)c(Cl)c3n(CC(=O)O)c2c1.CCc1ccc2c(=O)c3ccc(Cl)c(Cl)c3n(CC(=O)O)c2c1.CN(C)c1ccc2c(=O)c3ccc(Cl)c(Cl)c3n(CC(=O)O)c2c1.CN(C)c1ccc2c(=O)c3ccccc3n(CC(=O)O)c2c1Cl.O=C(O)Cn1c2cc(Br)ccc2c(=O)c2ccc(Cl)c(Cl)c21. The molecule has 22 nitrogen and oxygen atoms in total. The van der Waals surface area contributed by atoms with Crippen molar-refractivity contribution in [2.75, 3.05) is 38.0 Å². The van der Waals surface area contributed by atoms with Crippen LogP contribution in [0.5, 0.6) is 0 Å². The second-order valence-electron chi connectivity index (χ2n) is 27.2. The van der Waals surface area contributed by atoms with Crippen LogP contribution in [0.2, 0.25) is 45.2 Å². The third-order valence-electron chi connectivity index (χ3n) is 19.1. The number of anilines is 2. The summed E-state index contributed by atoms with van der Waals surface area (Å²) in [6.07, 6.45) is 0.776. The molecule has 0 unspecified atom stereocenters. The summed E-state index contributed by atoms with van der Waals surface area (Å²) in [5.41, 5.74) is 7.13. The number of carbonyl (C=O) groups is 5. The molecule has 15 aromatic rings. The molecule has 0 saturated heterocycles. The number of aryl methyl sites for hydroxylation is 1. The number of nitrogens with zero attached hydrogens (tertiary/aromatic N) is 7. The summed E-state index contributed by atoms with van der Waals surface area (Å²) in [6, 6.07) is 44.2. The van der Waals surface area contributed by atoms with Gasteiger partial charge in [-0.25, -0.2) is 0 Å². The van der Waals surface area contributed by atoms with Gasteiger partial charge < -0.3 is 58.2 Å². The summed E-state index contributed by atoms with van der Waals surface area (Å²) in [6.45, 7) is 4.51. The Morgan fingerprint density at radius 3 is 1.01 bits per heavy atom. The number of para-hydroxylation sites is 1. The van der Waals surface area contributed by atoms with Gasteiger partial charge in [-0.2, -0.15) is 0 Å². The Hall–Kier alpha value is -10.4.